The summed E-state index contributed by atoms with van der Waals surface area (Å²) in [6, 6.07) is 6.29. The van der Waals surface area contributed by atoms with Gasteiger partial charge in [-0.2, -0.15) is 0 Å². The second-order valence-electron chi connectivity index (χ2n) is 4.01. The smallest absolute Gasteiger partial charge is 0.190 e. The molecule has 0 saturated heterocycles. The molecular weight excluding hydrogens is 250 g/mol. The Morgan fingerprint density at radius 1 is 1.59 bits per heavy atom. The quantitative estimate of drug-likeness (QED) is 0.834. The van der Waals surface area contributed by atoms with Crippen LogP contribution in [0.25, 0.3) is 10.2 Å². The van der Waals surface area contributed by atoms with E-state index in [2.05, 4.69) is 42.3 Å². The number of thiazole rings is 1. The molecule has 0 radical (unpaired) electrons. The second-order valence-corrected chi connectivity index (χ2v) is 5.48. The average Bonchev–Trinajstić information content (AvgIpc) is 2.68. The number of nitrogens with zero attached hydrogens (tertiary/aromatic N) is 1. The fourth-order valence-electron chi connectivity index (χ4n) is 1.75. The van der Waals surface area contributed by atoms with Crippen molar-refractivity contribution in [2.24, 2.45) is 5.73 Å². The van der Waals surface area contributed by atoms with Crippen LogP contribution in [0.4, 0.5) is 5.13 Å². The number of nitrogens with two attached hydrogens (primary N) is 1. The van der Waals surface area contributed by atoms with E-state index in [4.69, 9.17) is 18.0 Å². The van der Waals surface area contributed by atoms with Crippen molar-refractivity contribution >= 4 is 44.0 Å². The van der Waals surface area contributed by atoms with Crippen LogP contribution in [-0.2, 0) is 0 Å². The number of benzene rings is 1. The molecule has 0 spiro atoms. The first kappa shape index (κ1) is 12.3. The van der Waals surface area contributed by atoms with Gasteiger partial charge in [0, 0.05) is 0 Å². The van der Waals surface area contributed by atoms with Crippen LogP contribution in [0.2, 0.25) is 0 Å². The molecule has 0 aliphatic rings. The molecule has 1 aromatic heterocycles. The van der Waals surface area contributed by atoms with Gasteiger partial charge in [0.2, 0.25) is 0 Å². The van der Waals surface area contributed by atoms with Crippen molar-refractivity contribution in [1.82, 2.24) is 4.98 Å². The van der Waals surface area contributed by atoms with Crippen molar-refractivity contribution in [2.45, 2.75) is 26.2 Å². The zero-order chi connectivity index (χ0) is 12.4. The minimum atomic E-state index is 0.258. The minimum Gasteiger partial charge on any atom is -0.376 e. The van der Waals surface area contributed by atoms with Crippen LogP contribution < -0.4 is 11.1 Å². The van der Waals surface area contributed by atoms with Gasteiger partial charge in [0.15, 0.2) is 10.2 Å². The molecule has 1 atom stereocenters. The fourth-order valence-corrected chi connectivity index (χ4v) is 2.82. The Morgan fingerprint density at radius 2 is 2.35 bits per heavy atom. The Bertz CT molecular complexity index is 548. The number of thiocarbonyl (C=S) groups is 1. The lowest BCUT2D eigenvalue weighted by molar-refractivity contribution is 0.738. The maximum absolute atomic E-state index is 5.46. The van der Waals surface area contributed by atoms with Gasteiger partial charge in [-0.1, -0.05) is 37.3 Å². The molecule has 2 aromatic rings. The fraction of sp³-hybridized carbons (Fsp3) is 0.333. The first-order chi connectivity index (χ1) is 8.11. The van der Waals surface area contributed by atoms with Crippen molar-refractivity contribution in [3.63, 3.8) is 0 Å². The first-order valence-corrected chi connectivity index (χ1v) is 6.80. The molecule has 1 unspecified atom stereocenters. The minimum absolute atomic E-state index is 0.258. The summed E-state index contributed by atoms with van der Waals surface area (Å²) < 4.78 is 1.17. The molecule has 0 aliphatic carbocycles. The summed E-state index contributed by atoms with van der Waals surface area (Å²) in [5.41, 5.74) is 7.81. The van der Waals surface area contributed by atoms with Gasteiger partial charge in [0.05, 0.1) is 10.2 Å². The van der Waals surface area contributed by atoms with Gasteiger partial charge < -0.3 is 11.1 Å². The van der Waals surface area contributed by atoms with Crippen molar-refractivity contribution in [3.05, 3.63) is 23.8 Å². The highest BCUT2D eigenvalue weighted by Gasteiger charge is 2.12. The third-order valence-corrected chi connectivity index (χ3v) is 3.86. The lowest BCUT2D eigenvalue weighted by Gasteiger charge is -2.08. The standard InChI is InChI=1S/C12H15N3S2/c1-3-7(2)8-5-4-6-9-10(8)14-12(17-9)15-11(13)16/h4-7H,3H2,1-2H3,(H3,13,14,15,16). The molecule has 0 aliphatic heterocycles. The first-order valence-electron chi connectivity index (χ1n) is 5.57. The Labute approximate surface area is 110 Å². The number of hydrogen-bond acceptors (Lipinski definition) is 3. The molecule has 5 heteroatoms. The zero-order valence-corrected chi connectivity index (χ0v) is 11.5. The summed E-state index contributed by atoms with van der Waals surface area (Å²) in [5.74, 6) is 0.512. The van der Waals surface area contributed by atoms with E-state index in [1.165, 1.54) is 10.3 Å². The monoisotopic (exact) mass is 265 g/mol. The highest BCUT2D eigenvalue weighted by atomic mass is 32.1. The molecule has 0 amide bonds. The van der Waals surface area contributed by atoms with Gasteiger partial charge in [-0.15, -0.1) is 0 Å². The second kappa shape index (κ2) is 4.98. The predicted molar refractivity (Wildman–Crippen MR) is 78.7 cm³/mol. The normalized spacial score (nSPS) is 12.6. The highest BCUT2D eigenvalue weighted by Crippen LogP contribution is 2.32. The molecular formula is C12H15N3S2. The summed E-state index contributed by atoms with van der Waals surface area (Å²) >= 11 is 6.40. The average molecular weight is 265 g/mol. The van der Waals surface area contributed by atoms with E-state index in [9.17, 15) is 0 Å². The van der Waals surface area contributed by atoms with Gasteiger partial charge in [-0.25, -0.2) is 4.98 Å². The number of anilines is 1. The van der Waals surface area contributed by atoms with E-state index in [0.29, 0.717) is 5.92 Å². The number of rotatable bonds is 3. The van der Waals surface area contributed by atoms with E-state index in [-0.39, 0.29) is 5.11 Å². The SMILES string of the molecule is CCC(C)c1cccc2sc(NC(N)=S)nc12. The van der Waals surface area contributed by atoms with Gasteiger partial charge in [-0.3, -0.25) is 0 Å². The van der Waals surface area contributed by atoms with Gasteiger partial charge in [0.1, 0.15) is 0 Å². The Hall–Kier alpha value is -1.20. The van der Waals surface area contributed by atoms with E-state index in [1.54, 1.807) is 11.3 Å². The number of aromatic nitrogens is 1. The molecule has 3 N–H and O–H groups in total. The van der Waals surface area contributed by atoms with Crippen LogP contribution in [-0.4, -0.2) is 10.1 Å². The maximum Gasteiger partial charge on any atom is 0.190 e. The predicted octanol–water partition coefficient (Wildman–Crippen LogP) is 3.47. The summed E-state index contributed by atoms with van der Waals surface area (Å²) in [6.45, 7) is 4.40. The highest BCUT2D eigenvalue weighted by molar-refractivity contribution is 7.80. The Kier molecular flexibility index (Phi) is 3.59. The molecule has 17 heavy (non-hydrogen) atoms. The third-order valence-electron chi connectivity index (χ3n) is 2.82. The van der Waals surface area contributed by atoms with Gasteiger partial charge >= 0.3 is 0 Å². The van der Waals surface area contributed by atoms with Crippen LogP contribution in [0.15, 0.2) is 18.2 Å². The lowest BCUT2D eigenvalue weighted by Crippen LogP contribution is -2.18. The number of para-hydroxylation sites is 1. The van der Waals surface area contributed by atoms with E-state index in [0.717, 1.165) is 17.1 Å². The van der Waals surface area contributed by atoms with Gasteiger partial charge in [-0.05, 0) is 36.2 Å². The maximum atomic E-state index is 5.46. The van der Waals surface area contributed by atoms with Crippen molar-refractivity contribution in [1.29, 1.82) is 0 Å². The van der Waals surface area contributed by atoms with E-state index in [1.807, 2.05) is 0 Å². The molecule has 3 nitrogen and oxygen atoms in total. The van der Waals surface area contributed by atoms with Gasteiger partial charge in [0.25, 0.3) is 0 Å². The number of nitrogens with one attached hydrogen (secondary N) is 1. The Balaban J connectivity index is 2.48. The zero-order valence-electron chi connectivity index (χ0n) is 9.86. The summed E-state index contributed by atoms with van der Waals surface area (Å²) in [5, 5.41) is 3.92. The van der Waals surface area contributed by atoms with Crippen LogP contribution in [0.3, 0.4) is 0 Å². The van der Waals surface area contributed by atoms with Crippen LogP contribution in [0.5, 0.6) is 0 Å². The molecule has 1 heterocycles. The molecule has 90 valence electrons. The summed E-state index contributed by atoms with van der Waals surface area (Å²) in [7, 11) is 0. The topological polar surface area (TPSA) is 50.9 Å². The molecule has 2 rings (SSSR count). The van der Waals surface area contributed by atoms with Crippen LogP contribution >= 0.6 is 23.6 Å². The van der Waals surface area contributed by atoms with Crippen LogP contribution in [0, 0.1) is 0 Å². The van der Waals surface area contributed by atoms with E-state index < -0.39 is 0 Å². The summed E-state index contributed by atoms with van der Waals surface area (Å²) in [6.07, 6.45) is 1.11. The van der Waals surface area contributed by atoms with Crippen molar-refractivity contribution in [2.75, 3.05) is 5.32 Å². The largest absolute Gasteiger partial charge is 0.376 e. The van der Waals surface area contributed by atoms with Crippen molar-refractivity contribution < 1.29 is 0 Å². The lowest BCUT2D eigenvalue weighted by atomic mass is 9.98. The molecule has 0 fully saturated rings. The Morgan fingerprint density at radius 3 is 3.00 bits per heavy atom. The number of fused-ring (bicyclic) bond motifs is 1. The van der Waals surface area contributed by atoms with Crippen LogP contribution in [0.1, 0.15) is 31.7 Å². The number of hydrogen-bond donors (Lipinski definition) is 2. The van der Waals surface area contributed by atoms with E-state index >= 15 is 0 Å². The molecule has 0 saturated carbocycles. The molecule has 0 bridgehead atoms. The van der Waals surface area contributed by atoms with Crippen molar-refractivity contribution in [3.8, 4) is 0 Å². The molecule has 1 aromatic carbocycles. The summed E-state index contributed by atoms with van der Waals surface area (Å²) in [4.78, 5) is 4.56. The third kappa shape index (κ3) is 2.56.